The minimum atomic E-state index is -0.581. The van der Waals surface area contributed by atoms with E-state index in [-0.39, 0.29) is 29.3 Å². The van der Waals surface area contributed by atoms with E-state index in [1.807, 2.05) is 13.8 Å². The molecule has 4 saturated carbocycles. The molecule has 0 aliphatic heterocycles. The summed E-state index contributed by atoms with van der Waals surface area (Å²) in [5, 5.41) is 14.4. The molecule has 2 N–H and O–H groups in total. The van der Waals surface area contributed by atoms with Crippen LogP contribution in [0.25, 0.3) is 0 Å². The van der Waals surface area contributed by atoms with E-state index in [1.165, 1.54) is 52.1 Å². The highest BCUT2D eigenvalue weighted by molar-refractivity contribution is 5.84. The Labute approximate surface area is 219 Å². The van der Waals surface area contributed by atoms with Crippen LogP contribution in [0, 0.1) is 58.2 Å². The molecule has 0 aromatic heterocycles. The maximum Gasteiger partial charge on any atom is 0.328 e. The quantitative estimate of drug-likeness (QED) is 0.419. The lowest BCUT2D eigenvalue weighted by molar-refractivity contribution is -0.168. The Hall–Kier alpha value is -1.10. The van der Waals surface area contributed by atoms with Crippen LogP contribution >= 0.6 is 0 Å². The molecule has 0 saturated heterocycles. The van der Waals surface area contributed by atoms with Gasteiger partial charge in [0.15, 0.2) is 0 Å². The van der Waals surface area contributed by atoms with Gasteiger partial charge in [-0.25, -0.2) is 4.79 Å². The van der Waals surface area contributed by atoms with Gasteiger partial charge in [-0.15, -0.1) is 0 Å². The van der Waals surface area contributed by atoms with Crippen LogP contribution in [0.2, 0.25) is 0 Å². The first-order valence-corrected chi connectivity index (χ1v) is 15.0. The molecule has 11 atom stereocenters. The van der Waals surface area contributed by atoms with Crippen molar-refractivity contribution in [2.24, 2.45) is 58.2 Å². The van der Waals surface area contributed by atoms with Gasteiger partial charge >= 0.3 is 5.97 Å². The fraction of sp³-hybridized carbons (Fsp3) is 0.935. The fourth-order valence-electron chi connectivity index (χ4n) is 9.84. The highest BCUT2D eigenvalue weighted by Gasteiger charge is 2.62. The van der Waals surface area contributed by atoms with Gasteiger partial charge in [0, 0.05) is 6.42 Å². The first-order chi connectivity index (χ1) is 16.9. The molecule has 0 bridgehead atoms. The maximum atomic E-state index is 12.7. The van der Waals surface area contributed by atoms with Crippen molar-refractivity contribution < 1.29 is 19.4 Å². The van der Waals surface area contributed by atoms with E-state index in [2.05, 4.69) is 33.0 Å². The second-order valence-electron chi connectivity index (χ2n) is 14.2. The lowest BCUT2D eigenvalue weighted by Gasteiger charge is -2.62. The molecule has 4 fully saturated rings. The van der Waals surface area contributed by atoms with E-state index in [9.17, 15) is 14.7 Å². The third-order valence-corrected chi connectivity index (χ3v) is 12.0. The third kappa shape index (κ3) is 4.87. The lowest BCUT2D eigenvalue weighted by Crippen LogP contribution is -2.58. The standard InChI is InChI=1S/C31H53NO4/c1-18(2)28(29(35)36-7)32-26(34)11-8-20(4)22-9-10-23-27-24(13-15-31(22,23)6)30(5)14-12-19(3)16-21(30)17-25(27)33/h18-25,27-28,33H,8-17H2,1-7H3,(H,32,34)/t19-,20?,21-,22?,23?,24?,25?,27?,28?,30-,31+/m0/s1. The lowest BCUT2D eigenvalue weighted by atomic mass is 9.43. The number of carbonyl (C=O) groups excluding carboxylic acids is 2. The molecule has 1 amide bonds. The van der Waals surface area contributed by atoms with Crippen LogP contribution in [0.3, 0.4) is 0 Å². The summed E-state index contributed by atoms with van der Waals surface area (Å²) in [5.41, 5.74) is 0.668. The molecule has 0 aromatic carbocycles. The van der Waals surface area contributed by atoms with Gasteiger partial charge < -0.3 is 15.2 Å². The minimum absolute atomic E-state index is 0.000682. The molecule has 5 nitrogen and oxygen atoms in total. The highest BCUT2D eigenvalue weighted by atomic mass is 16.5. The molecule has 7 unspecified atom stereocenters. The van der Waals surface area contributed by atoms with Crippen LogP contribution in [0.4, 0.5) is 0 Å². The normalized spacial score (nSPS) is 43.6. The molecule has 36 heavy (non-hydrogen) atoms. The number of aliphatic hydroxyl groups excluding tert-OH is 1. The molecular weight excluding hydrogens is 450 g/mol. The zero-order chi connectivity index (χ0) is 26.4. The predicted molar refractivity (Wildman–Crippen MR) is 143 cm³/mol. The molecule has 4 rings (SSSR count). The SMILES string of the molecule is COC(=O)C(NC(=O)CCC(C)C1CCC2C3C(O)C[C@@H]4C[C@@H](C)CC[C@]4(C)C3CC[C@]12C)C(C)C. The van der Waals surface area contributed by atoms with Gasteiger partial charge in [-0.3, -0.25) is 4.79 Å². The number of nitrogens with one attached hydrogen (secondary N) is 1. The Bertz CT molecular complexity index is 812. The summed E-state index contributed by atoms with van der Waals surface area (Å²) < 4.78 is 4.88. The molecule has 4 aliphatic rings. The van der Waals surface area contributed by atoms with Gasteiger partial charge in [-0.1, -0.05) is 48.0 Å². The zero-order valence-electron chi connectivity index (χ0n) is 24.0. The van der Waals surface area contributed by atoms with Crippen molar-refractivity contribution >= 4 is 11.9 Å². The van der Waals surface area contributed by atoms with Crippen molar-refractivity contribution in [1.82, 2.24) is 5.32 Å². The van der Waals surface area contributed by atoms with E-state index in [0.717, 1.165) is 18.8 Å². The van der Waals surface area contributed by atoms with Crippen molar-refractivity contribution in [2.75, 3.05) is 7.11 Å². The third-order valence-electron chi connectivity index (χ3n) is 12.0. The molecule has 5 heteroatoms. The summed E-state index contributed by atoms with van der Waals surface area (Å²) in [6.45, 7) is 13.7. The predicted octanol–water partition coefficient (Wildman–Crippen LogP) is 5.98. The van der Waals surface area contributed by atoms with Gasteiger partial charge in [0.25, 0.3) is 0 Å². The maximum absolute atomic E-state index is 12.7. The van der Waals surface area contributed by atoms with Crippen LogP contribution in [0.5, 0.6) is 0 Å². The van der Waals surface area contributed by atoms with Gasteiger partial charge in [-0.05, 0) is 110 Å². The number of carbonyl (C=O) groups is 2. The largest absolute Gasteiger partial charge is 0.467 e. The second-order valence-corrected chi connectivity index (χ2v) is 14.2. The summed E-state index contributed by atoms with van der Waals surface area (Å²) in [7, 11) is 1.37. The van der Waals surface area contributed by atoms with Crippen molar-refractivity contribution in [3.05, 3.63) is 0 Å². The zero-order valence-corrected chi connectivity index (χ0v) is 24.0. The monoisotopic (exact) mass is 503 g/mol. The van der Waals surface area contributed by atoms with Crippen LogP contribution in [-0.2, 0) is 14.3 Å². The average molecular weight is 504 g/mol. The topological polar surface area (TPSA) is 75.6 Å². The van der Waals surface area contributed by atoms with Crippen molar-refractivity contribution in [1.29, 1.82) is 0 Å². The van der Waals surface area contributed by atoms with Crippen LogP contribution in [0.15, 0.2) is 0 Å². The molecule has 0 heterocycles. The van der Waals surface area contributed by atoms with E-state index >= 15 is 0 Å². The smallest absolute Gasteiger partial charge is 0.328 e. The summed E-state index contributed by atoms with van der Waals surface area (Å²) in [6, 6.07) is -0.581. The summed E-state index contributed by atoms with van der Waals surface area (Å²) >= 11 is 0. The molecule has 206 valence electrons. The first-order valence-electron chi connectivity index (χ1n) is 15.0. The Morgan fingerprint density at radius 1 is 1.00 bits per heavy atom. The summed E-state index contributed by atoms with van der Waals surface area (Å²) in [4.78, 5) is 24.8. The van der Waals surface area contributed by atoms with E-state index in [1.54, 1.807) is 0 Å². The molecule has 4 aliphatic carbocycles. The Kier molecular flexibility index (Phi) is 8.20. The highest BCUT2D eigenvalue weighted by Crippen LogP contribution is 2.68. The second kappa shape index (κ2) is 10.6. The number of fused-ring (bicyclic) bond motifs is 5. The summed E-state index contributed by atoms with van der Waals surface area (Å²) in [6.07, 6.45) is 11.1. The molecule has 0 radical (unpaired) electrons. The average Bonchev–Trinajstić information content (AvgIpc) is 3.18. The number of methoxy groups -OCH3 is 1. The number of ether oxygens (including phenoxy) is 1. The number of hydrogen-bond donors (Lipinski definition) is 2. The van der Waals surface area contributed by atoms with Crippen LogP contribution in [-0.4, -0.2) is 36.2 Å². The number of rotatable bonds is 7. The molecular formula is C31H53NO4. The van der Waals surface area contributed by atoms with Crippen LogP contribution in [0.1, 0.15) is 106 Å². The van der Waals surface area contributed by atoms with Gasteiger partial charge in [-0.2, -0.15) is 0 Å². The summed E-state index contributed by atoms with van der Waals surface area (Å²) in [5.74, 6) is 3.85. The van der Waals surface area contributed by atoms with E-state index in [0.29, 0.717) is 47.3 Å². The fourth-order valence-corrected chi connectivity index (χ4v) is 9.84. The number of hydrogen-bond acceptors (Lipinski definition) is 4. The first kappa shape index (κ1) is 27.9. The van der Waals surface area contributed by atoms with Crippen LogP contribution < -0.4 is 5.32 Å². The Morgan fingerprint density at radius 2 is 1.67 bits per heavy atom. The minimum Gasteiger partial charge on any atom is -0.467 e. The van der Waals surface area contributed by atoms with Crippen molar-refractivity contribution in [2.45, 2.75) is 118 Å². The van der Waals surface area contributed by atoms with Gasteiger partial charge in [0.2, 0.25) is 5.91 Å². The number of aliphatic hydroxyl groups is 1. The van der Waals surface area contributed by atoms with Crippen molar-refractivity contribution in [3.8, 4) is 0 Å². The molecule has 0 aromatic rings. The van der Waals surface area contributed by atoms with E-state index in [4.69, 9.17) is 4.74 Å². The van der Waals surface area contributed by atoms with E-state index < -0.39 is 6.04 Å². The van der Waals surface area contributed by atoms with Crippen molar-refractivity contribution in [3.63, 3.8) is 0 Å². The Balaban J connectivity index is 1.40. The Morgan fingerprint density at radius 3 is 2.33 bits per heavy atom. The molecule has 0 spiro atoms. The van der Waals surface area contributed by atoms with Gasteiger partial charge in [0.05, 0.1) is 13.2 Å². The van der Waals surface area contributed by atoms with Gasteiger partial charge in [0.1, 0.15) is 6.04 Å². The number of amides is 1. The number of esters is 1.